The Labute approximate surface area is 172 Å². The molecule has 0 aliphatic heterocycles. The summed E-state index contributed by atoms with van der Waals surface area (Å²) in [4.78, 5) is 34.3. The number of ether oxygens (including phenoxy) is 5. The highest BCUT2D eigenvalue weighted by Gasteiger charge is 2.19. The molecular formula is C20H22N2O8. The summed E-state index contributed by atoms with van der Waals surface area (Å²) in [6.45, 7) is -0.686. The van der Waals surface area contributed by atoms with Crippen LogP contribution in [0, 0.1) is 0 Å². The second-order valence-electron chi connectivity index (χ2n) is 5.94. The Morgan fingerprint density at radius 3 is 2.03 bits per heavy atom. The molecule has 2 aromatic rings. The molecule has 0 spiro atoms. The lowest BCUT2D eigenvalue weighted by atomic mass is 10.1. The van der Waals surface area contributed by atoms with Crippen LogP contribution in [0.1, 0.15) is 15.9 Å². The minimum atomic E-state index is -0.676. The largest absolute Gasteiger partial charge is 0.493 e. The summed E-state index contributed by atoms with van der Waals surface area (Å²) in [6, 6.07) is 9.48. The van der Waals surface area contributed by atoms with Crippen LogP contribution in [-0.2, 0) is 20.9 Å². The first-order chi connectivity index (χ1) is 14.3. The van der Waals surface area contributed by atoms with Gasteiger partial charge in [-0.05, 0) is 29.8 Å². The molecule has 0 fully saturated rings. The highest BCUT2D eigenvalue weighted by molar-refractivity contribution is 5.91. The molecular weight excluding hydrogens is 396 g/mol. The van der Waals surface area contributed by atoms with Crippen molar-refractivity contribution in [2.45, 2.75) is 6.61 Å². The molecule has 2 amide bonds. The minimum Gasteiger partial charge on any atom is -0.493 e. The van der Waals surface area contributed by atoms with Gasteiger partial charge in [0, 0.05) is 0 Å². The average molecular weight is 418 g/mol. The first-order valence-electron chi connectivity index (χ1n) is 8.68. The van der Waals surface area contributed by atoms with E-state index in [4.69, 9.17) is 35.2 Å². The molecule has 0 saturated heterocycles. The zero-order valence-electron chi connectivity index (χ0n) is 16.5. The van der Waals surface area contributed by atoms with Crippen molar-refractivity contribution in [3.63, 3.8) is 0 Å². The second kappa shape index (κ2) is 10.6. The topological polar surface area (TPSA) is 149 Å². The Balaban J connectivity index is 2.12. The molecule has 0 radical (unpaired) electrons. The molecule has 30 heavy (non-hydrogen) atoms. The summed E-state index contributed by atoms with van der Waals surface area (Å²) < 4.78 is 26.3. The lowest BCUT2D eigenvalue weighted by Gasteiger charge is -2.15. The maximum Gasteiger partial charge on any atom is 0.338 e. The first kappa shape index (κ1) is 22.3. The fourth-order valence-corrected chi connectivity index (χ4v) is 2.40. The predicted octanol–water partition coefficient (Wildman–Crippen LogP) is 0.789. The third-order valence-corrected chi connectivity index (χ3v) is 3.70. The van der Waals surface area contributed by atoms with Gasteiger partial charge in [0.2, 0.25) is 5.75 Å². The third kappa shape index (κ3) is 6.30. The number of primary amides is 2. The minimum absolute atomic E-state index is 0.0445. The molecule has 2 aromatic carbocycles. The quantitative estimate of drug-likeness (QED) is 0.509. The molecule has 0 bridgehead atoms. The zero-order chi connectivity index (χ0) is 22.1. The summed E-state index contributed by atoms with van der Waals surface area (Å²) in [5.41, 5.74) is 10.9. The van der Waals surface area contributed by atoms with Gasteiger partial charge < -0.3 is 35.2 Å². The Morgan fingerprint density at radius 1 is 0.867 bits per heavy atom. The van der Waals surface area contributed by atoms with Crippen LogP contribution in [0.25, 0.3) is 0 Å². The van der Waals surface area contributed by atoms with Crippen molar-refractivity contribution in [2.75, 3.05) is 27.4 Å². The fourth-order valence-electron chi connectivity index (χ4n) is 2.40. The van der Waals surface area contributed by atoms with Crippen LogP contribution in [0.4, 0.5) is 0 Å². The van der Waals surface area contributed by atoms with Crippen LogP contribution in [0.15, 0.2) is 36.4 Å². The monoisotopic (exact) mass is 418 g/mol. The van der Waals surface area contributed by atoms with E-state index in [0.29, 0.717) is 11.3 Å². The van der Waals surface area contributed by atoms with E-state index in [9.17, 15) is 14.4 Å². The second-order valence-corrected chi connectivity index (χ2v) is 5.94. The van der Waals surface area contributed by atoms with Gasteiger partial charge >= 0.3 is 5.97 Å². The Morgan fingerprint density at radius 2 is 1.47 bits per heavy atom. The van der Waals surface area contributed by atoms with Crippen molar-refractivity contribution >= 4 is 17.8 Å². The Hall–Kier alpha value is -3.95. The molecule has 2 rings (SSSR count). The van der Waals surface area contributed by atoms with Crippen molar-refractivity contribution in [3.05, 3.63) is 47.5 Å². The van der Waals surface area contributed by atoms with Crippen molar-refractivity contribution in [2.24, 2.45) is 11.5 Å². The molecule has 160 valence electrons. The van der Waals surface area contributed by atoms with E-state index in [1.54, 1.807) is 24.3 Å². The van der Waals surface area contributed by atoms with Gasteiger partial charge in [-0.3, -0.25) is 9.59 Å². The zero-order valence-corrected chi connectivity index (χ0v) is 16.5. The number of amides is 2. The number of esters is 1. The van der Waals surface area contributed by atoms with Crippen LogP contribution >= 0.6 is 0 Å². The summed E-state index contributed by atoms with van der Waals surface area (Å²) in [7, 11) is 2.75. The van der Waals surface area contributed by atoms with Crippen molar-refractivity contribution in [3.8, 4) is 23.0 Å². The van der Waals surface area contributed by atoms with Gasteiger partial charge in [-0.25, -0.2) is 4.79 Å². The SMILES string of the molecule is COc1cc(C(=O)OCc2cccc(OCC(N)=O)c2)cc(OC)c1OCC(N)=O. The van der Waals surface area contributed by atoms with Gasteiger partial charge in [0.1, 0.15) is 12.4 Å². The van der Waals surface area contributed by atoms with E-state index in [1.165, 1.54) is 26.4 Å². The molecule has 0 saturated carbocycles. The number of carbonyl (C=O) groups is 3. The summed E-state index contributed by atoms with van der Waals surface area (Å²) in [5.74, 6) is -1.02. The van der Waals surface area contributed by atoms with E-state index in [0.717, 1.165) is 0 Å². The molecule has 0 unspecified atom stereocenters. The van der Waals surface area contributed by atoms with Crippen LogP contribution in [0.2, 0.25) is 0 Å². The number of carbonyl (C=O) groups excluding carboxylic acids is 3. The number of methoxy groups -OCH3 is 2. The van der Waals surface area contributed by atoms with E-state index >= 15 is 0 Å². The molecule has 0 atom stereocenters. The maximum atomic E-state index is 12.5. The predicted molar refractivity (Wildman–Crippen MR) is 104 cm³/mol. The fraction of sp³-hybridized carbons (Fsp3) is 0.250. The highest BCUT2D eigenvalue weighted by Crippen LogP contribution is 2.38. The van der Waals surface area contributed by atoms with Crippen molar-refractivity contribution in [1.29, 1.82) is 0 Å². The van der Waals surface area contributed by atoms with Gasteiger partial charge in [-0.15, -0.1) is 0 Å². The van der Waals surface area contributed by atoms with Crippen LogP contribution in [0.3, 0.4) is 0 Å². The number of rotatable bonds is 11. The van der Waals surface area contributed by atoms with Gasteiger partial charge in [-0.1, -0.05) is 12.1 Å². The van der Waals surface area contributed by atoms with Crippen LogP contribution in [-0.4, -0.2) is 45.2 Å². The normalized spacial score (nSPS) is 10.1. The smallest absolute Gasteiger partial charge is 0.338 e. The van der Waals surface area contributed by atoms with E-state index < -0.39 is 17.8 Å². The summed E-state index contributed by atoms with van der Waals surface area (Å²) >= 11 is 0. The maximum absolute atomic E-state index is 12.5. The van der Waals surface area contributed by atoms with Crippen LogP contribution < -0.4 is 30.4 Å². The molecule has 0 aromatic heterocycles. The highest BCUT2D eigenvalue weighted by atomic mass is 16.5. The summed E-state index contributed by atoms with van der Waals surface area (Å²) in [5, 5.41) is 0. The van der Waals surface area contributed by atoms with Gasteiger partial charge in [0.05, 0.1) is 19.8 Å². The molecule has 10 nitrogen and oxygen atoms in total. The number of hydrogen-bond acceptors (Lipinski definition) is 8. The number of nitrogens with two attached hydrogens (primary N) is 2. The lowest BCUT2D eigenvalue weighted by molar-refractivity contribution is -0.120. The molecule has 0 heterocycles. The number of hydrogen-bond donors (Lipinski definition) is 2. The van der Waals surface area contributed by atoms with Gasteiger partial charge in [0.25, 0.3) is 11.8 Å². The first-order valence-corrected chi connectivity index (χ1v) is 8.68. The molecule has 4 N–H and O–H groups in total. The molecule has 0 aliphatic rings. The lowest BCUT2D eigenvalue weighted by Crippen LogP contribution is -2.20. The Bertz CT molecular complexity index is 904. The summed E-state index contributed by atoms with van der Waals surface area (Å²) in [6.07, 6.45) is 0. The van der Waals surface area contributed by atoms with Crippen molar-refractivity contribution < 1.29 is 38.1 Å². The average Bonchev–Trinajstić information content (AvgIpc) is 2.74. The van der Waals surface area contributed by atoms with Crippen molar-refractivity contribution in [1.82, 2.24) is 0 Å². The Kier molecular flexibility index (Phi) is 7.86. The number of benzene rings is 2. The van der Waals surface area contributed by atoms with E-state index in [1.807, 2.05) is 0 Å². The van der Waals surface area contributed by atoms with Gasteiger partial charge in [0.15, 0.2) is 24.7 Å². The molecule has 10 heteroatoms. The van der Waals surface area contributed by atoms with E-state index in [2.05, 4.69) is 0 Å². The standard InChI is InChI=1S/C20H22N2O8/c1-26-15-7-13(8-16(27-2)19(15)29-11-18(22)24)20(25)30-9-12-4-3-5-14(6-12)28-10-17(21)23/h3-8H,9-11H2,1-2H3,(H2,21,23)(H2,22,24). The van der Waals surface area contributed by atoms with E-state index in [-0.39, 0.29) is 42.6 Å². The van der Waals surface area contributed by atoms with Crippen LogP contribution in [0.5, 0.6) is 23.0 Å². The third-order valence-electron chi connectivity index (χ3n) is 3.70. The molecule has 0 aliphatic carbocycles. The van der Waals surface area contributed by atoms with Gasteiger partial charge in [-0.2, -0.15) is 0 Å².